The highest BCUT2D eigenvalue weighted by molar-refractivity contribution is 5.91. The van der Waals surface area contributed by atoms with E-state index >= 15 is 0 Å². The van der Waals surface area contributed by atoms with E-state index < -0.39 is 5.97 Å². The van der Waals surface area contributed by atoms with Crippen LogP contribution in [0, 0.1) is 0 Å². The molecule has 3 aromatic carbocycles. The fourth-order valence-corrected chi connectivity index (χ4v) is 2.82. The van der Waals surface area contributed by atoms with Crippen LogP contribution < -0.4 is 9.47 Å². The van der Waals surface area contributed by atoms with Crippen molar-refractivity contribution in [2.75, 3.05) is 7.11 Å². The number of hydrogen-bond donors (Lipinski definition) is 0. The maximum atomic E-state index is 12.6. The summed E-state index contributed by atoms with van der Waals surface area (Å²) in [5.41, 5.74) is 2.89. The molecule has 0 atom stereocenters. The van der Waals surface area contributed by atoms with E-state index in [-0.39, 0.29) is 0 Å². The summed E-state index contributed by atoms with van der Waals surface area (Å²) in [4.78, 5) is 12.6. The van der Waals surface area contributed by atoms with E-state index in [0.717, 1.165) is 17.0 Å². The molecule has 28 heavy (non-hydrogen) atoms. The van der Waals surface area contributed by atoms with Crippen LogP contribution in [0.5, 0.6) is 11.6 Å². The molecule has 0 saturated carbocycles. The highest BCUT2D eigenvalue weighted by Crippen LogP contribution is 2.27. The van der Waals surface area contributed by atoms with Gasteiger partial charge < -0.3 is 9.47 Å². The Labute approximate surface area is 162 Å². The monoisotopic (exact) mass is 370 g/mol. The average molecular weight is 370 g/mol. The van der Waals surface area contributed by atoms with Gasteiger partial charge in [0.25, 0.3) is 0 Å². The van der Waals surface area contributed by atoms with Crippen LogP contribution >= 0.6 is 0 Å². The number of hydrogen-bond acceptors (Lipinski definition) is 4. The molecule has 4 aromatic rings. The van der Waals surface area contributed by atoms with Crippen molar-refractivity contribution >= 4 is 5.97 Å². The molecular formula is C23H18N2O3. The van der Waals surface area contributed by atoms with Gasteiger partial charge in [-0.2, -0.15) is 9.78 Å². The largest absolute Gasteiger partial charge is 0.497 e. The molecule has 5 nitrogen and oxygen atoms in total. The Morgan fingerprint density at radius 3 is 2.14 bits per heavy atom. The van der Waals surface area contributed by atoms with Crippen LogP contribution in [0.2, 0.25) is 0 Å². The summed E-state index contributed by atoms with van der Waals surface area (Å²) in [6, 6.07) is 27.8. The zero-order chi connectivity index (χ0) is 19.3. The zero-order valence-electron chi connectivity index (χ0n) is 15.3. The molecule has 0 bridgehead atoms. The lowest BCUT2D eigenvalue weighted by Crippen LogP contribution is -2.11. The minimum absolute atomic E-state index is 0.345. The first-order valence-electron chi connectivity index (χ1n) is 8.82. The molecule has 1 aromatic heterocycles. The van der Waals surface area contributed by atoms with E-state index in [2.05, 4.69) is 5.10 Å². The number of carbonyl (C=O) groups excluding carboxylic acids is 1. The lowest BCUT2D eigenvalue weighted by molar-refractivity contribution is 0.0723. The van der Waals surface area contributed by atoms with Crippen molar-refractivity contribution in [2.45, 2.75) is 0 Å². The predicted molar refractivity (Wildman–Crippen MR) is 107 cm³/mol. The van der Waals surface area contributed by atoms with E-state index in [0.29, 0.717) is 17.1 Å². The maximum absolute atomic E-state index is 12.6. The summed E-state index contributed by atoms with van der Waals surface area (Å²) < 4.78 is 12.5. The fourth-order valence-electron chi connectivity index (χ4n) is 2.82. The van der Waals surface area contributed by atoms with Crippen molar-refractivity contribution < 1.29 is 14.3 Å². The standard InChI is InChI=1S/C23H18N2O3/c1-27-20-14-12-19(13-15-20)25-22(28-23(26)18-10-6-3-7-11-18)16-21(24-25)17-8-4-2-5-9-17/h2-16H,1H3. The summed E-state index contributed by atoms with van der Waals surface area (Å²) in [7, 11) is 1.61. The summed E-state index contributed by atoms with van der Waals surface area (Å²) >= 11 is 0. The Balaban J connectivity index is 1.74. The Hall–Kier alpha value is -3.86. The minimum atomic E-state index is -0.435. The van der Waals surface area contributed by atoms with Crippen molar-refractivity contribution in [2.24, 2.45) is 0 Å². The zero-order valence-corrected chi connectivity index (χ0v) is 15.3. The van der Waals surface area contributed by atoms with Crippen LogP contribution in [0.15, 0.2) is 91.0 Å². The Kier molecular flexibility index (Phi) is 4.89. The summed E-state index contributed by atoms with van der Waals surface area (Å²) in [6.45, 7) is 0. The van der Waals surface area contributed by atoms with Gasteiger partial charge in [0.2, 0.25) is 5.88 Å². The topological polar surface area (TPSA) is 53.4 Å². The molecule has 0 N–H and O–H groups in total. The molecule has 0 aliphatic rings. The first kappa shape index (κ1) is 17.5. The number of methoxy groups -OCH3 is 1. The van der Waals surface area contributed by atoms with Gasteiger partial charge in [0.05, 0.1) is 24.1 Å². The third kappa shape index (κ3) is 3.64. The number of carbonyl (C=O) groups is 1. The van der Waals surface area contributed by atoms with Crippen LogP contribution in [0.4, 0.5) is 0 Å². The van der Waals surface area contributed by atoms with Gasteiger partial charge >= 0.3 is 5.97 Å². The first-order valence-corrected chi connectivity index (χ1v) is 8.82. The number of rotatable bonds is 5. The van der Waals surface area contributed by atoms with Crippen LogP contribution in [0.25, 0.3) is 16.9 Å². The van der Waals surface area contributed by atoms with E-state index in [9.17, 15) is 4.79 Å². The van der Waals surface area contributed by atoms with Gasteiger partial charge in [-0.3, -0.25) is 0 Å². The van der Waals surface area contributed by atoms with Gasteiger partial charge in [-0.25, -0.2) is 4.79 Å². The number of aromatic nitrogens is 2. The Morgan fingerprint density at radius 1 is 0.857 bits per heavy atom. The van der Waals surface area contributed by atoms with Gasteiger partial charge in [0.15, 0.2) is 0 Å². The summed E-state index contributed by atoms with van der Waals surface area (Å²) in [5, 5.41) is 4.65. The van der Waals surface area contributed by atoms with E-state index in [1.165, 1.54) is 0 Å². The third-order valence-electron chi connectivity index (χ3n) is 4.27. The molecule has 0 aliphatic heterocycles. The molecule has 1 heterocycles. The van der Waals surface area contributed by atoms with Gasteiger partial charge in [0.1, 0.15) is 5.75 Å². The molecule has 138 valence electrons. The van der Waals surface area contributed by atoms with Crippen LogP contribution in [-0.4, -0.2) is 22.9 Å². The molecule has 0 unspecified atom stereocenters. The molecular weight excluding hydrogens is 352 g/mol. The quantitative estimate of drug-likeness (QED) is 0.475. The van der Waals surface area contributed by atoms with E-state index in [4.69, 9.17) is 9.47 Å². The molecule has 0 aliphatic carbocycles. The highest BCUT2D eigenvalue weighted by atomic mass is 16.5. The molecule has 5 heteroatoms. The van der Waals surface area contributed by atoms with Crippen LogP contribution in [-0.2, 0) is 0 Å². The van der Waals surface area contributed by atoms with E-state index in [1.807, 2.05) is 60.7 Å². The van der Waals surface area contributed by atoms with Gasteiger partial charge in [-0.1, -0.05) is 48.5 Å². The number of benzene rings is 3. The van der Waals surface area contributed by atoms with Gasteiger partial charge in [0, 0.05) is 11.6 Å². The lowest BCUT2D eigenvalue weighted by Gasteiger charge is -2.08. The normalized spacial score (nSPS) is 10.5. The second-order valence-corrected chi connectivity index (χ2v) is 6.10. The Morgan fingerprint density at radius 2 is 1.50 bits per heavy atom. The fraction of sp³-hybridized carbons (Fsp3) is 0.0435. The maximum Gasteiger partial charge on any atom is 0.344 e. The smallest absolute Gasteiger partial charge is 0.344 e. The van der Waals surface area contributed by atoms with Crippen LogP contribution in [0.3, 0.4) is 0 Å². The van der Waals surface area contributed by atoms with Crippen molar-refractivity contribution in [3.05, 3.63) is 96.6 Å². The molecule has 0 saturated heterocycles. The minimum Gasteiger partial charge on any atom is -0.497 e. The van der Waals surface area contributed by atoms with Gasteiger partial charge in [-0.05, 0) is 36.4 Å². The lowest BCUT2D eigenvalue weighted by atomic mass is 10.2. The summed E-state index contributed by atoms with van der Waals surface area (Å²) in [6.07, 6.45) is 0. The first-order chi connectivity index (χ1) is 13.7. The highest BCUT2D eigenvalue weighted by Gasteiger charge is 2.17. The van der Waals surface area contributed by atoms with Crippen molar-refractivity contribution in [3.63, 3.8) is 0 Å². The molecule has 0 radical (unpaired) electrons. The SMILES string of the molecule is COc1ccc(-n2nc(-c3ccccc3)cc2OC(=O)c2ccccc2)cc1. The molecule has 4 rings (SSSR count). The molecule has 0 spiro atoms. The third-order valence-corrected chi connectivity index (χ3v) is 4.27. The molecule has 0 amide bonds. The predicted octanol–water partition coefficient (Wildman–Crippen LogP) is 4.77. The number of ether oxygens (including phenoxy) is 2. The van der Waals surface area contributed by atoms with Gasteiger partial charge in [-0.15, -0.1) is 0 Å². The molecule has 0 fully saturated rings. The van der Waals surface area contributed by atoms with E-state index in [1.54, 1.807) is 42.1 Å². The Bertz CT molecular complexity index is 1070. The van der Waals surface area contributed by atoms with Crippen molar-refractivity contribution in [1.82, 2.24) is 9.78 Å². The van der Waals surface area contributed by atoms with Crippen LogP contribution in [0.1, 0.15) is 10.4 Å². The summed E-state index contributed by atoms with van der Waals surface area (Å²) in [5.74, 6) is 0.648. The second kappa shape index (κ2) is 7.80. The number of esters is 1. The van der Waals surface area contributed by atoms with Crippen molar-refractivity contribution in [3.8, 4) is 28.6 Å². The average Bonchev–Trinajstić information content (AvgIpc) is 3.19. The van der Waals surface area contributed by atoms with Crippen molar-refractivity contribution in [1.29, 1.82) is 0 Å². The number of nitrogens with zero attached hydrogens (tertiary/aromatic N) is 2. The second-order valence-electron chi connectivity index (χ2n) is 6.10.